The molecule has 6 heteroatoms. The zero-order chi connectivity index (χ0) is 16.9. The van der Waals surface area contributed by atoms with Crippen LogP contribution in [0.2, 0.25) is 0 Å². The molecule has 1 aromatic rings. The summed E-state index contributed by atoms with van der Waals surface area (Å²) in [6, 6.07) is 7.13. The smallest absolute Gasteiger partial charge is 0.240 e. The summed E-state index contributed by atoms with van der Waals surface area (Å²) in [6.07, 6.45) is 2.07. The first kappa shape index (κ1) is 17.3. The first-order valence-corrected chi connectivity index (χ1v) is 7.86. The van der Waals surface area contributed by atoms with E-state index in [0.29, 0.717) is 30.8 Å². The fourth-order valence-electron chi connectivity index (χ4n) is 2.40. The van der Waals surface area contributed by atoms with Crippen LogP contribution in [0.25, 0.3) is 0 Å². The molecule has 0 heterocycles. The van der Waals surface area contributed by atoms with Crippen LogP contribution in [-0.2, 0) is 9.59 Å². The van der Waals surface area contributed by atoms with Crippen LogP contribution in [-0.4, -0.2) is 51.0 Å². The van der Waals surface area contributed by atoms with Gasteiger partial charge in [-0.15, -0.1) is 0 Å². The van der Waals surface area contributed by atoms with Crippen LogP contribution in [0.4, 0.5) is 5.69 Å². The van der Waals surface area contributed by atoms with Gasteiger partial charge in [-0.3, -0.25) is 9.59 Å². The Hall–Kier alpha value is -2.08. The van der Waals surface area contributed by atoms with Crippen LogP contribution in [0.3, 0.4) is 0 Å². The molecule has 0 aromatic heterocycles. The molecule has 1 aliphatic carbocycles. The van der Waals surface area contributed by atoms with Crippen LogP contribution in [0.1, 0.15) is 19.3 Å². The highest BCUT2D eigenvalue weighted by Gasteiger charge is 2.56. The zero-order valence-electron chi connectivity index (χ0n) is 14.0. The molecule has 2 rings (SSSR count). The number of carbonyl (C=O) groups is 2. The van der Waals surface area contributed by atoms with Crippen molar-refractivity contribution in [1.82, 2.24) is 10.2 Å². The lowest BCUT2D eigenvalue weighted by atomic mass is 10.0. The minimum absolute atomic E-state index is 0.170. The topological polar surface area (TPSA) is 70.7 Å². The molecule has 1 aromatic carbocycles. The number of methoxy groups -OCH3 is 1. The lowest BCUT2D eigenvalue weighted by Gasteiger charge is -2.16. The molecular weight excluding hydrogens is 294 g/mol. The van der Waals surface area contributed by atoms with E-state index in [9.17, 15) is 9.59 Å². The van der Waals surface area contributed by atoms with E-state index in [-0.39, 0.29) is 11.8 Å². The Balaban J connectivity index is 1.88. The maximum atomic E-state index is 12.5. The average Bonchev–Trinajstić information content (AvgIpc) is 3.33. The lowest BCUT2D eigenvalue weighted by molar-refractivity contribution is -0.134. The number of nitrogens with one attached hydrogen (secondary N) is 2. The van der Waals surface area contributed by atoms with Gasteiger partial charge in [0.15, 0.2) is 0 Å². The number of ether oxygens (including phenoxy) is 1. The molecule has 0 unspecified atom stereocenters. The summed E-state index contributed by atoms with van der Waals surface area (Å²) in [7, 11) is 5.56. The van der Waals surface area contributed by atoms with Gasteiger partial charge >= 0.3 is 0 Å². The zero-order valence-corrected chi connectivity index (χ0v) is 14.0. The van der Waals surface area contributed by atoms with Crippen molar-refractivity contribution in [2.45, 2.75) is 19.3 Å². The molecule has 2 N–H and O–H groups in total. The molecule has 126 valence electrons. The molecule has 0 atom stereocenters. The van der Waals surface area contributed by atoms with E-state index >= 15 is 0 Å². The minimum Gasteiger partial charge on any atom is -0.497 e. The third-order valence-corrected chi connectivity index (χ3v) is 4.01. The van der Waals surface area contributed by atoms with E-state index in [0.717, 1.165) is 13.0 Å². The number of rotatable bonds is 8. The minimum atomic E-state index is -0.902. The predicted octanol–water partition coefficient (Wildman–Crippen LogP) is 1.48. The van der Waals surface area contributed by atoms with Crippen molar-refractivity contribution in [1.29, 1.82) is 0 Å². The number of anilines is 1. The molecule has 1 saturated carbocycles. The molecule has 0 spiro atoms. The largest absolute Gasteiger partial charge is 0.497 e. The van der Waals surface area contributed by atoms with Crippen molar-refractivity contribution in [2.75, 3.05) is 39.6 Å². The molecule has 6 nitrogen and oxygen atoms in total. The first-order valence-electron chi connectivity index (χ1n) is 7.86. The molecule has 0 saturated heterocycles. The third-order valence-electron chi connectivity index (χ3n) is 4.01. The van der Waals surface area contributed by atoms with Crippen molar-refractivity contribution in [2.24, 2.45) is 5.41 Å². The molecule has 0 radical (unpaired) electrons. The fourth-order valence-corrected chi connectivity index (χ4v) is 2.40. The summed E-state index contributed by atoms with van der Waals surface area (Å²) < 4.78 is 5.14. The first-order chi connectivity index (χ1) is 11.0. The van der Waals surface area contributed by atoms with Crippen molar-refractivity contribution in [3.05, 3.63) is 24.3 Å². The van der Waals surface area contributed by atoms with Gasteiger partial charge in [0.05, 0.1) is 7.11 Å². The van der Waals surface area contributed by atoms with Crippen molar-refractivity contribution in [3.63, 3.8) is 0 Å². The summed E-state index contributed by atoms with van der Waals surface area (Å²) in [5.74, 6) is 0.258. The van der Waals surface area contributed by atoms with Crippen LogP contribution in [0, 0.1) is 5.41 Å². The maximum Gasteiger partial charge on any atom is 0.240 e. The van der Waals surface area contributed by atoms with Crippen LogP contribution < -0.4 is 15.4 Å². The lowest BCUT2D eigenvalue weighted by Crippen LogP contribution is -2.40. The Bertz CT molecular complexity index is 568. The summed E-state index contributed by atoms with van der Waals surface area (Å²) in [5, 5.41) is 5.70. The fraction of sp³-hybridized carbons (Fsp3) is 0.529. The number of benzene rings is 1. The van der Waals surface area contributed by atoms with Gasteiger partial charge in [-0.1, -0.05) is 6.07 Å². The molecule has 0 aliphatic heterocycles. The molecule has 1 aliphatic rings. The van der Waals surface area contributed by atoms with E-state index in [4.69, 9.17) is 4.74 Å². The summed E-state index contributed by atoms with van der Waals surface area (Å²) >= 11 is 0. The van der Waals surface area contributed by atoms with Crippen molar-refractivity contribution < 1.29 is 14.3 Å². The highest BCUT2D eigenvalue weighted by molar-refractivity contribution is 6.13. The Labute approximate surface area is 137 Å². The number of carbonyl (C=O) groups excluding carboxylic acids is 2. The van der Waals surface area contributed by atoms with Crippen LogP contribution in [0.5, 0.6) is 5.75 Å². The Morgan fingerprint density at radius 3 is 2.61 bits per heavy atom. The van der Waals surface area contributed by atoms with E-state index in [2.05, 4.69) is 15.5 Å². The highest BCUT2D eigenvalue weighted by Crippen LogP contribution is 2.46. The van der Waals surface area contributed by atoms with E-state index in [1.165, 1.54) is 0 Å². The number of hydrogen-bond donors (Lipinski definition) is 2. The summed E-state index contributed by atoms with van der Waals surface area (Å²) in [5.41, 5.74) is -0.262. The van der Waals surface area contributed by atoms with Gasteiger partial charge in [0.2, 0.25) is 11.8 Å². The standard InChI is InChI=1S/C17H25N3O3/c1-20(2)11-5-10-18-15(21)17(8-9-17)16(22)19-13-6-4-7-14(12-13)23-3/h4,6-7,12H,5,8-11H2,1-3H3,(H,18,21)(H,19,22). The van der Waals surface area contributed by atoms with Crippen LogP contribution >= 0.6 is 0 Å². The molecule has 1 fully saturated rings. The van der Waals surface area contributed by atoms with E-state index in [1.54, 1.807) is 31.4 Å². The van der Waals surface area contributed by atoms with Crippen LogP contribution in [0.15, 0.2) is 24.3 Å². The van der Waals surface area contributed by atoms with Crippen molar-refractivity contribution in [3.8, 4) is 5.75 Å². The second-order valence-corrected chi connectivity index (χ2v) is 6.18. The second-order valence-electron chi connectivity index (χ2n) is 6.18. The number of amides is 2. The Morgan fingerprint density at radius 2 is 2.00 bits per heavy atom. The SMILES string of the molecule is COc1cccc(NC(=O)C2(C(=O)NCCCN(C)C)CC2)c1. The monoisotopic (exact) mass is 319 g/mol. The molecule has 0 bridgehead atoms. The van der Waals surface area contributed by atoms with Crippen molar-refractivity contribution >= 4 is 17.5 Å². The van der Waals surface area contributed by atoms with Gasteiger partial charge in [-0.2, -0.15) is 0 Å². The van der Waals surface area contributed by atoms with Gasteiger partial charge in [-0.25, -0.2) is 0 Å². The summed E-state index contributed by atoms with van der Waals surface area (Å²) in [4.78, 5) is 26.8. The van der Waals surface area contributed by atoms with Gasteiger partial charge in [0.25, 0.3) is 0 Å². The third kappa shape index (κ3) is 4.45. The Kier molecular flexibility index (Phi) is 5.60. The number of hydrogen-bond acceptors (Lipinski definition) is 4. The maximum absolute atomic E-state index is 12.5. The highest BCUT2D eigenvalue weighted by atomic mass is 16.5. The molecule has 23 heavy (non-hydrogen) atoms. The average molecular weight is 319 g/mol. The quantitative estimate of drug-likeness (QED) is 0.562. The van der Waals surface area contributed by atoms with E-state index < -0.39 is 5.41 Å². The van der Waals surface area contributed by atoms with E-state index in [1.807, 2.05) is 14.1 Å². The predicted molar refractivity (Wildman–Crippen MR) is 89.5 cm³/mol. The molecule has 2 amide bonds. The van der Waals surface area contributed by atoms with Gasteiger partial charge < -0.3 is 20.3 Å². The van der Waals surface area contributed by atoms with Gasteiger partial charge in [0.1, 0.15) is 11.2 Å². The molecular formula is C17H25N3O3. The van der Waals surface area contributed by atoms with Gasteiger partial charge in [0, 0.05) is 18.3 Å². The Morgan fingerprint density at radius 1 is 1.26 bits per heavy atom. The summed E-state index contributed by atoms with van der Waals surface area (Å²) in [6.45, 7) is 1.49. The normalized spacial score (nSPS) is 15.1. The second kappa shape index (κ2) is 7.46. The van der Waals surface area contributed by atoms with Gasteiger partial charge in [-0.05, 0) is 52.0 Å². The number of nitrogens with zero attached hydrogens (tertiary/aromatic N) is 1.